The summed E-state index contributed by atoms with van der Waals surface area (Å²) in [5.74, 6) is 3.35. The van der Waals surface area contributed by atoms with Crippen molar-refractivity contribution in [2.75, 3.05) is 72.6 Å². The molecule has 0 atom stereocenters. The average molecular weight is 389 g/mol. The molecule has 1 fully saturated rings. The Bertz CT molecular complexity index is 638. The number of hydrogen-bond donors (Lipinski definition) is 1. The highest BCUT2D eigenvalue weighted by molar-refractivity contribution is 5.46. The maximum absolute atomic E-state index is 5.86. The van der Waals surface area contributed by atoms with E-state index in [1.165, 1.54) is 24.0 Å². The van der Waals surface area contributed by atoms with Crippen LogP contribution >= 0.6 is 0 Å². The second-order valence-electron chi connectivity index (χ2n) is 7.15. The summed E-state index contributed by atoms with van der Waals surface area (Å²) >= 11 is 0. The molecule has 1 aromatic rings. The Hall–Kier alpha value is -1.62. The fraction of sp³-hybridized carbons (Fsp3) is 0.636. The number of aryl methyl sites for hydroxylation is 1. The Morgan fingerprint density at radius 2 is 1.54 bits per heavy atom. The molecule has 0 unspecified atom stereocenters. The van der Waals surface area contributed by atoms with Crippen molar-refractivity contribution >= 4 is 0 Å². The van der Waals surface area contributed by atoms with Crippen molar-refractivity contribution in [3.8, 4) is 18.1 Å². The van der Waals surface area contributed by atoms with Crippen LogP contribution in [0.15, 0.2) is 18.2 Å². The van der Waals surface area contributed by atoms with E-state index in [0.29, 0.717) is 64.9 Å². The molecule has 2 aliphatic rings. The molecule has 1 N–H and O–H groups in total. The van der Waals surface area contributed by atoms with E-state index in [9.17, 15) is 0 Å². The van der Waals surface area contributed by atoms with Crippen LogP contribution in [0.25, 0.3) is 0 Å². The number of terminal acetylenes is 1. The van der Waals surface area contributed by atoms with Gasteiger partial charge in [0.15, 0.2) is 0 Å². The van der Waals surface area contributed by atoms with E-state index in [2.05, 4.69) is 29.4 Å². The Balaban J connectivity index is 1.17. The Morgan fingerprint density at radius 3 is 2.14 bits per heavy atom. The Kier molecular flexibility index (Phi) is 8.59. The molecule has 1 saturated heterocycles. The lowest BCUT2D eigenvalue weighted by atomic mass is 9.76. The first-order valence-electron chi connectivity index (χ1n) is 10.1. The minimum atomic E-state index is 0.325. The van der Waals surface area contributed by atoms with E-state index in [4.69, 9.17) is 30.1 Å². The van der Waals surface area contributed by atoms with Crippen LogP contribution < -0.4 is 10.1 Å². The predicted molar refractivity (Wildman–Crippen MR) is 107 cm³/mol. The molecule has 0 bridgehead atoms. The highest BCUT2D eigenvalue weighted by Gasteiger charge is 2.43. The van der Waals surface area contributed by atoms with E-state index >= 15 is 0 Å². The summed E-state index contributed by atoms with van der Waals surface area (Å²) in [6.07, 6.45) is 7.52. The third kappa shape index (κ3) is 5.94. The van der Waals surface area contributed by atoms with Gasteiger partial charge in [-0.2, -0.15) is 0 Å². The summed E-state index contributed by atoms with van der Waals surface area (Å²) in [6.45, 7) is 6.83. The summed E-state index contributed by atoms with van der Waals surface area (Å²) < 4.78 is 27.3. The quantitative estimate of drug-likeness (QED) is 0.385. The molecule has 3 rings (SSSR count). The number of ether oxygens (including phenoxy) is 5. The normalized spacial score (nSPS) is 16.5. The van der Waals surface area contributed by atoms with Crippen LogP contribution in [-0.4, -0.2) is 72.6 Å². The van der Waals surface area contributed by atoms with E-state index in [0.717, 1.165) is 18.8 Å². The standard InChI is InChI=1S/C22H31NO5/c1-2-7-24-8-9-25-10-11-26-12-13-27-14-15-28-20-4-3-19-5-6-22(17-23-18-22)21(19)16-20/h1,3-4,16,23H,5-15,17-18H2. The average Bonchev–Trinajstić information content (AvgIpc) is 3.07. The van der Waals surface area contributed by atoms with Gasteiger partial charge in [-0.25, -0.2) is 0 Å². The molecular weight excluding hydrogens is 358 g/mol. The highest BCUT2D eigenvalue weighted by Crippen LogP contribution is 2.43. The summed E-state index contributed by atoms with van der Waals surface area (Å²) in [5, 5.41) is 3.41. The molecule has 0 amide bonds. The van der Waals surface area contributed by atoms with Crippen molar-refractivity contribution in [2.24, 2.45) is 0 Å². The van der Waals surface area contributed by atoms with Crippen LogP contribution in [0.4, 0.5) is 0 Å². The molecule has 0 radical (unpaired) electrons. The molecule has 1 heterocycles. The van der Waals surface area contributed by atoms with Crippen LogP contribution in [0.2, 0.25) is 0 Å². The van der Waals surface area contributed by atoms with E-state index in [1.807, 2.05) is 0 Å². The van der Waals surface area contributed by atoms with Crippen LogP contribution in [0.5, 0.6) is 5.75 Å². The fourth-order valence-corrected chi connectivity index (χ4v) is 3.67. The zero-order valence-corrected chi connectivity index (χ0v) is 16.5. The van der Waals surface area contributed by atoms with Gasteiger partial charge < -0.3 is 29.0 Å². The summed E-state index contributed by atoms with van der Waals surface area (Å²) in [6, 6.07) is 6.52. The summed E-state index contributed by atoms with van der Waals surface area (Å²) in [7, 11) is 0. The monoisotopic (exact) mass is 389 g/mol. The molecular formula is C22H31NO5. The molecule has 154 valence electrons. The van der Waals surface area contributed by atoms with Crippen molar-refractivity contribution in [3.05, 3.63) is 29.3 Å². The molecule has 28 heavy (non-hydrogen) atoms. The zero-order chi connectivity index (χ0) is 19.5. The van der Waals surface area contributed by atoms with Crippen LogP contribution in [-0.2, 0) is 30.8 Å². The third-order valence-corrected chi connectivity index (χ3v) is 5.25. The van der Waals surface area contributed by atoms with Crippen molar-refractivity contribution < 1.29 is 23.7 Å². The molecule has 0 saturated carbocycles. The number of hydrogen-bond acceptors (Lipinski definition) is 6. The van der Waals surface area contributed by atoms with E-state index < -0.39 is 0 Å². The molecule has 1 aromatic carbocycles. The molecule has 6 nitrogen and oxygen atoms in total. The van der Waals surface area contributed by atoms with Gasteiger partial charge in [-0.1, -0.05) is 12.0 Å². The zero-order valence-electron chi connectivity index (χ0n) is 16.5. The number of nitrogens with one attached hydrogen (secondary N) is 1. The van der Waals surface area contributed by atoms with Crippen LogP contribution in [0, 0.1) is 12.3 Å². The smallest absolute Gasteiger partial charge is 0.119 e. The second kappa shape index (κ2) is 11.4. The summed E-state index contributed by atoms with van der Waals surface area (Å²) in [5.41, 5.74) is 3.32. The van der Waals surface area contributed by atoms with Gasteiger partial charge in [-0.05, 0) is 36.1 Å². The number of benzene rings is 1. The largest absolute Gasteiger partial charge is 0.491 e. The number of rotatable bonds is 14. The van der Waals surface area contributed by atoms with Crippen molar-refractivity contribution in [3.63, 3.8) is 0 Å². The summed E-state index contributed by atoms with van der Waals surface area (Å²) in [4.78, 5) is 0. The topological polar surface area (TPSA) is 58.2 Å². The third-order valence-electron chi connectivity index (χ3n) is 5.25. The van der Waals surface area contributed by atoms with Gasteiger partial charge >= 0.3 is 0 Å². The lowest BCUT2D eigenvalue weighted by molar-refractivity contribution is -0.00187. The van der Waals surface area contributed by atoms with Gasteiger partial charge in [0.2, 0.25) is 0 Å². The minimum absolute atomic E-state index is 0.325. The number of fused-ring (bicyclic) bond motifs is 2. The maximum atomic E-state index is 5.86. The van der Waals surface area contributed by atoms with Gasteiger partial charge in [0.05, 0.1) is 46.2 Å². The van der Waals surface area contributed by atoms with Crippen LogP contribution in [0.3, 0.4) is 0 Å². The molecule has 1 aliphatic carbocycles. The first kappa shape index (κ1) is 21.1. The van der Waals surface area contributed by atoms with Crippen LogP contribution in [0.1, 0.15) is 17.5 Å². The van der Waals surface area contributed by atoms with Crippen molar-refractivity contribution in [2.45, 2.75) is 18.3 Å². The predicted octanol–water partition coefficient (Wildman–Crippen LogP) is 1.55. The molecule has 1 aliphatic heterocycles. The van der Waals surface area contributed by atoms with Crippen molar-refractivity contribution in [1.82, 2.24) is 5.32 Å². The van der Waals surface area contributed by atoms with Crippen molar-refractivity contribution in [1.29, 1.82) is 0 Å². The Morgan fingerprint density at radius 1 is 0.893 bits per heavy atom. The first-order valence-corrected chi connectivity index (χ1v) is 10.1. The minimum Gasteiger partial charge on any atom is -0.491 e. The first-order chi connectivity index (χ1) is 13.8. The molecule has 6 heteroatoms. The maximum Gasteiger partial charge on any atom is 0.119 e. The second-order valence-corrected chi connectivity index (χ2v) is 7.15. The van der Waals surface area contributed by atoms with Gasteiger partial charge in [-0.3, -0.25) is 0 Å². The highest BCUT2D eigenvalue weighted by atomic mass is 16.6. The molecule has 1 spiro atoms. The van der Waals surface area contributed by atoms with E-state index in [1.54, 1.807) is 0 Å². The van der Waals surface area contributed by atoms with E-state index in [-0.39, 0.29) is 0 Å². The van der Waals surface area contributed by atoms with Gasteiger partial charge in [0, 0.05) is 18.5 Å². The molecule has 0 aromatic heterocycles. The van der Waals surface area contributed by atoms with Gasteiger partial charge in [-0.15, -0.1) is 6.42 Å². The lowest BCUT2D eigenvalue weighted by Gasteiger charge is -2.40. The fourth-order valence-electron chi connectivity index (χ4n) is 3.67. The van der Waals surface area contributed by atoms with Gasteiger partial charge in [0.1, 0.15) is 19.0 Å². The SMILES string of the molecule is C#CCOCCOCCOCCOCCOc1ccc2c(c1)C1(CC2)CNC1. The Labute approximate surface area is 167 Å². The van der Waals surface area contributed by atoms with Gasteiger partial charge in [0.25, 0.3) is 0 Å². The lowest BCUT2D eigenvalue weighted by Crippen LogP contribution is -2.55.